The van der Waals surface area contributed by atoms with E-state index in [0.29, 0.717) is 32.1 Å². The van der Waals surface area contributed by atoms with Crippen molar-refractivity contribution in [1.29, 1.82) is 0 Å². The largest absolute Gasteiger partial charge is 0.342 e. The molecule has 3 nitrogen and oxygen atoms in total. The van der Waals surface area contributed by atoms with Crippen LogP contribution in [0.3, 0.4) is 0 Å². The molecule has 6 heteroatoms. The van der Waals surface area contributed by atoms with Crippen LogP contribution in [-0.4, -0.2) is 15.0 Å². The highest BCUT2D eigenvalue weighted by atomic mass is 35.5. The van der Waals surface area contributed by atoms with Gasteiger partial charge in [0, 0.05) is 11.9 Å². The Morgan fingerprint density at radius 1 is 1.20 bits per heavy atom. The Bertz CT molecular complexity index is 693. The number of H-pyrrole nitrogens is 1. The van der Waals surface area contributed by atoms with Gasteiger partial charge in [-0.25, -0.2) is 9.97 Å². The molecule has 20 heavy (non-hydrogen) atoms. The summed E-state index contributed by atoms with van der Waals surface area (Å²) in [5.41, 5.74) is 1.72. The molecular weight excluding hydrogens is 313 g/mol. The third-order valence-electron chi connectivity index (χ3n) is 3.59. The van der Waals surface area contributed by atoms with E-state index >= 15 is 0 Å². The van der Waals surface area contributed by atoms with E-state index in [1.54, 1.807) is 12.3 Å². The number of hydrogen-bond donors (Lipinski definition) is 1. The molecule has 0 aromatic carbocycles. The molecule has 3 rings (SSSR count). The van der Waals surface area contributed by atoms with Crippen molar-refractivity contribution in [2.75, 3.05) is 0 Å². The van der Waals surface area contributed by atoms with Gasteiger partial charge in [0.1, 0.15) is 10.3 Å². The number of hydrogen-bond acceptors (Lipinski definition) is 3. The minimum atomic E-state index is 0.472. The number of nitrogens with zero attached hydrogens (tertiary/aromatic N) is 2. The first-order valence-electron chi connectivity index (χ1n) is 6.56. The molecule has 0 bridgehead atoms. The number of halogens is 2. The van der Waals surface area contributed by atoms with Crippen molar-refractivity contribution in [1.82, 2.24) is 15.0 Å². The van der Waals surface area contributed by atoms with E-state index in [1.807, 2.05) is 6.07 Å². The van der Waals surface area contributed by atoms with Crippen molar-refractivity contribution in [2.45, 2.75) is 31.6 Å². The summed E-state index contributed by atoms with van der Waals surface area (Å²) in [5.74, 6) is 1.14. The summed E-state index contributed by atoms with van der Waals surface area (Å²) in [6.07, 6.45) is 6.47. The minimum Gasteiger partial charge on any atom is -0.342 e. The van der Waals surface area contributed by atoms with Gasteiger partial charge in [-0.15, -0.1) is 0 Å². The first-order valence-corrected chi connectivity index (χ1v) is 7.72. The van der Waals surface area contributed by atoms with Gasteiger partial charge in [0.05, 0.1) is 10.0 Å². The summed E-state index contributed by atoms with van der Waals surface area (Å²) in [7, 11) is 0. The average molecular weight is 326 g/mol. The fourth-order valence-corrected chi connectivity index (χ4v) is 3.32. The second kappa shape index (κ2) is 5.80. The van der Waals surface area contributed by atoms with Gasteiger partial charge in [-0.2, -0.15) is 0 Å². The highest BCUT2D eigenvalue weighted by Crippen LogP contribution is 2.34. The Kier molecular flexibility index (Phi) is 4.06. The van der Waals surface area contributed by atoms with Crippen LogP contribution in [0.2, 0.25) is 10.0 Å². The Hall–Kier alpha value is -0.970. The third kappa shape index (κ3) is 2.87. The molecule has 1 aliphatic rings. The van der Waals surface area contributed by atoms with Gasteiger partial charge in [-0.1, -0.05) is 48.3 Å². The van der Waals surface area contributed by atoms with Crippen molar-refractivity contribution in [3.8, 4) is 11.5 Å². The van der Waals surface area contributed by atoms with E-state index in [4.69, 9.17) is 35.4 Å². The van der Waals surface area contributed by atoms with Crippen LogP contribution in [-0.2, 0) is 0 Å². The summed E-state index contributed by atoms with van der Waals surface area (Å²) in [5, 5.41) is 0.975. The molecule has 2 aromatic heterocycles. The molecule has 2 heterocycles. The smallest absolute Gasteiger partial charge is 0.159 e. The van der Waals surface area contributed by atoms with Gasteiger partial charge < -0.3 is 4.98 Å². The molecule has 0 radical (unpaired) electrons. The van der Waals surface area contributed by atoms with E-state index < -0.39 is 0 Å². The van der Waals surface area contributed by atoms with E-state index in [9.17, 15) is 0 Å². The lowest BCUT2D eigenvalue weighted by atomic mass is 10.0. The number of nitrogens with one attached hydrogen (secondary N) is 1. The maximum absolute atomic E-state index is 6.19. The number of aromatic nitrogens is 3. The maximum Gasteiger partial charge on any atom is 0.159 e. The molecule has 0 aliphatic heterocycles. The number of pyridine rings is 1. The summed E-state index contributed by atoms with van der Waals surface area (Å²) >= 11 is 17.3. The van der Waals surface area contributed by atoms with Gasteiger partial charge in [0.2, 0.25) is 0 Å². The summed E-state index contributed by atoms with van der Waals surface area (Å²) in [4.78, 5) is 11.9. The van der Waals surface area contributed by atoms with Gasteiger partial charge in [0.25, 0.3) is 0 Å². The second-order valence-corrected chi connectivity index (χ2v) is 6.25. The molecule has 104 valence electrons. The quantitative estimate of drug-likeness (QED) is 0.775. The third-order valence-corrected chi connectivity index (χ3v) is 4.29. The molecule has 2 aromatic rings. The fraction of sp³-hybridized carbons (Fsp3) is 0.357. The first kappa shape index (κ1) is 14.0. The maximum atomic E-state index is 6.19. The molecule has 1 saturated carbocycles. The molecule has 0 spiro atoms. The van der Waals surface area contributed by atoms with Crippen molar-refractivity contribution < 1.29 is 0 Å². The Balaban J connectivity index is 2.07. The predicted molar refractivity (Wildman–Crippen MR) is 83.9 cm³/mol. The van der Waals surface area contributed by atoms with Crippen LogP contribution in [0.15, 0.2) is 18.3 Å². The average Bonchev–Trinajstić information content (AvgIpc) is 2.91. The summed E-state index contributed by atoms with van der Waals surface area (Å²) in [6, 6.07) is 3.60. The zero-order chi connectivity index (χ0) is 14.1. The van der Waals surface area contributed by atoms with Gasteiger partial charge >= 0.3 is 0 Å². The SMILES string of the molecule is S=c1cc(C2CCCC2)[nH]c(-c2ncc(Cl)cc2Cl)n1. The Labute approximate surface area is 132 Å². The normalized spacial score (nSPS) is 15.7. The monoisotopic (exact) mass is 325 g/mol. The van der Waals surface area contributed by atoms with Gasteiger partial charge in [0.15, 0.2) is 5.82 Å². The van der Waals surface area contributed by atoms with Crippen LogP contribution in [0.4, 0.5) is 0 Å². The van der Waals surface area contributed by atoms with Crippen molar-refractivity contribution in [3.63, 3.8) is 0 Å². The van der Waals surface area contributed by atoms with E-state index in [0.717, 1.165) is 5.69 Å². The Morgan fingerprint density at radius 2 is 1.95 bits per heavy atom. The highest BCUT2D eigenvalue weighted by molar-refractivity contribution is 7.71. The lowest BCUT2D eigenvalue weighted by Crippen LogP contribution is -2.01. The minimum absolute atomic E-state index is 0.472. The molecular formula is C14H13Cl2N3S. The molecule has 0 atom stereocenters. The van der Waals surface area contributed by atoms with Gasteiger partial charge in [-0.3, -0.25) is 0 Å². The van der Waals surface area contributed by atoms with E-state index in [2.05, 4.69) is 15.0 Å². The van der Waals surface area contributed by atoms with Crippen LogP contribution in [0, 0.1) is 4.64 Å². The van der Waals surface area contributed by atoms with Crippen molar-refractivity contribution in [2.24, 2.45) is 0 Å². The van der Waals surface area contributed by atoms with Crippen LogP contribution < -0.4 is 0 Å². The topological polar surface area (TPSA) is 41.6 Å². The molecule has 0 unspecified atom stereocenters. The molecule has 1 N–H and O–H groups in total. The van der Waals surface area contributed by atoms with Crippen molar-refractivity contribution >= 4 is 35.4 Å². The van der Waals surface area contributed by atoms with Crippen LogP contribution in [0.1, 0.15) is 37.3 Å². The van der Waals surface area contributed by atoms with Crippen LogP contribution in [0.5, 0.6) is 0 Å². The number of aromatic amines is 1. The van der Waals surface area contributed by atoms with E-state index in [-0.39, 0.29) is 0 Å². The standard InChI is InChI=1S/C14H13Cl2N3S/c15-9-5-10(16)13(17-7-9)14-18-11(6-12(20)19-14)8-3-1-2-4-8/h5-8H,1-4H2,(H,18,19,20). The zero-order valence-electron chi connectivity index (χ0n) is 10.7. The Morgan fingerprint density at radius 3 is 2.65 bits per heavy atom. The van der Waals surface area contributed by atoms with Crippen LogP contribution in [0.25, 0.3) is 11.5 Å². The lowest BCUT2D eigenvalue weighted by Gasteiger charge is -2.11. The molecule has 0 saturated heterocycles. The first-order chi connectivity index (χ1) is 9.63. The van der Waals surface area contributed by atoms with Crippen molar-refractivity contribution in [3.05, 3.63) is 38.7 Å². The summed E-state index contributed by atoms with van der Waals surface area (Å²) < 4.78 is 0.563. The van der Waals surface area contributed by atoms with E-state index in [1.165, 1.54) is 25.7 Å². The summed E-state index contributed by atoms with van der Waals surface area (Å²) in [6.45, 7) is 0. The number of rotatable bonds is 2. The van der Waals surface area contributed by atoms with Crippen LogP contribution >= 0.6 is 35.4 Å². The fourth-order valence-electron chi connectivity index (χ4n) is 2.63. The predicted octanol–water partition coefficient (Wildman–Crippen LogP) is 5.17. The lowest BCUT2D eigenvalue weighted by molar-refractivity contribution is 0.694. The highest BCUT2D eigenvalue weighted by Gasteiger charge is 2.19. The molecule has 0 amide bonds. The molecule has 1 fully saturated rings. The molecule has 1 aliphatic carbocycles. The van der Waals surface area contributed by atoms with Gasteiger partial charge in [-0.05, 0) is 30.9 Å². The zero-order valence-corrected chi connectivity index (χ0v) is 13.0. The second-order valence-electron chi connectivity index (χ2n) is 4.99.